The largest absolute Gasteiger partial charge is 0.352 e. The van der Waals surface area contributed by atoms with Crippen molar-refractivity contribution in [1.82, 2.24) is 10.3 Å². The first kappa shape index (κ1) is 14.2. The average molecular weight is 272 g/mol. The van der Waals surface area contributed by atoms with Crippen LogP contribution in [0.4, 0.5) is 4.39 Å². The maximum Gasteiger partial charge on any atom is 0.252 e. The fraction of sp³-hybridized carbons (Fsp3) is 0.250. The summed E-state index contributed by atoms with van der Waals surface area (Å²) in [5.41, 5.74) is 1.84. The van der Waals surface area contributed by atoms with E-state index in [1.807, 2.05) is 13.8 Å². The van der Waals surface area contributed by atoms with E-state index in [1.54, 1.807) is 24.3 Å². The van der Waals surface area contributed by atoms with Gasteiger partial charge in [-0.15, -0.1) is 0 Å². The van der Waals surface area contributed by atoms with Gasteiger partial charge in [0.05, 0.1) is 11.3 Å². The molecule has 0 aliphatic carbocycles. The molecule has 1 N–H and O–H groups in total. The number of nitrogens with zero attached hydrogens (tertiary/aromatic N) is 1. The standard InChI is InChI=1S/C16H17FN2O/c1-11(2)9-19-16(20)13-6-7-15(18-10-13)12-4-3-5-14(17)8-12/h3-8,10-11H,9H2,1-2H3,(H,19,20). The van der Waals surface area contributed by atoms with Crippen molar-refractivity contribution in [2.45, 2.75) is 13.8 Å². The third kappa shape index (κ3) is 3.63. The summed E-state index contributed by atoms with van der Waals surface area (Å²) in [6.07, 6.45) is 1.51. The molecule has 0 aliphatic heterocycles. The minimum Gasteiger partial charge on any atom is -0.352 e. The van der Waals surface area contributed by atoms with Gasteiger partial charge in [-0.25, -0.2) is 4.39 Å². The smallest absolute Gasteiger partial charge is 0.252 e. The molecule has 0 atom stereocenters. The highest BCUT2D eigenvalue weighted by atomic mass is 19.1. The molecule has 0 saturated carbocycles. The summed E-state index contributed by atoms with van der Waals surface area (Å²) in [5, 5.41) is 2.83. The molecule has 0 saturated heterocycles. The van der Waals surface area contributed by atoms with Crippen molar-refractivity contribution in [3.63, 3.8) is 0 Å². The van der Waals surface area contributed by atoms with E-state index in [0.717, 1.165) is 0 Å². The van der Waals surface area contributed by atoms with E-state index < -0.39 is 0 Å². The maximum absolute atomic E-state index is 13.1. The number of nitrogens with one attached hydrogen (secondary N) is 1. The van der Waals surface area contributed by atoms with Crippen molar-refractivity contribution in [1.29, 1.82) is 0 Å². The van der Waals surface area contributed by atoms with Crippen LogP contribution in [-0.2, 0) is 0 Å². The number of hydrogen-bond donors (Lipinski definition) is 1. The summed E-state index contributed by atoms with van der Waals surface area (Å²) >= 11 is 0. The van der Waals surface area contributed by atoms with Crippen LogP contribution in [-0.4, -0.2) is 17.4 Å². The monoisotopic (exact) mass is 272 g/mol. The lowest BCUT2D eigenvalue weighted by molar-refractivity contribution is 0.0948. The SMILES string of the molecule is CC(C)CNC(=O)c1ccc(-c2cccc(F)c2)nc1. The quantitative estimate of drug-likeness (QED) is 0.928. The molecule has 0 unspecified atom stereocenters. The molecule has 4 heteroatoms. The van der Waals surface area contributed by atoms with E-state index in [4.69, 9.17) is 0 Å². The Morgan fingerprint density at radius 3 is 2.70 bits per heavy atom. The van der Waals surface area contributed by atoms with Gasteiger partial charge in [-0.05, 0) is 30.2 Å². The van der Waals surface area contributed by atoms with Crippen molar-refractivity contribution in [3.05, 3.63) is 54.0 Å². The van der Waals surface area contributed by atoms with Crippen LogP contribution in [0.15, 0.2) is 42.6 Å². The maximum atomic E-state index is 13.1. The molecule has 0 aliphatic rings. The van der Waals surface area contributed by atoms with Gasteiger partial charge in [-0.3, -0.25) is 9.78 Å². The predicted octanol–water partition coefficient (Wildman–Crippen LogP) is 3.27. The lowest BCUT2D eigenvalue weighted by Gasteiger charge is -2.08. The van der Waals surface area contributed by atoms with Crippen molar-refractivity contribution >= 4 is 5.91 Å². The topological polar surface area (TPSA) is 42.0 Å². The Labute approximate surface area is 117 Å². The Morgan fingerprint density at radius 2 is 2.10 bits per heavy atom. The predicted molar refractivity (Wildman–Crippen MR) is 76.8 cm³/mol. The third-order valence-electron chi connectivity index (χ3n) is 2.82. The average Bonchev–Trinajstić information content (AvgIpc) is 2.45. The summed E-state index contributed by atoms with van der Waals surface area (Å²) in [4.78, 5) is 16.1. The van der Waals surface area contributed by atoms with Crippen LogP contribution >= 0.6 is 0 Å². The Hall–Kier alpha value is -2.23. The fourth-order valence-corrected chi connectivity index (χ4v) is 1.75. The number of carbonyl (C=O) groups excluding carboxylic acids is 1. The van der Waals surface area contributed by atoms with Crippen molar-refractivity contribution in [3.8, 4) is 11.3 Å². The van der Waals surface area contributed by atoms with E-state index in [9.17, 15) is 9.18 Å². The summed E-state index contributed by atoms with van der Waals surface area (Å²) in [6.45, 7) is 4.70. The summed E-state index contributed by atoms with van der Waals surface area (Å²) in [6, 6.07) is 9.64. The van der Waals surface area contributed by atoms with Crippen molar-refractivity contribution in [2.75, 3.05) is 6.54 Å². The molecular weight excluding hydrogens is 255 g/mol. The number of pyridine rings is 1. The molecule has 20 heavy (non-hydrogen) atoms. The van der Waals surface area contributed by atoms with Crippen LogP contribution in [0.5, 0.6) is 0 Å². The zero-order valence-electron chi connectivity index (χ0n) is 11.6. The van der Waals surface area contributed by atoms with E-state index in [-0.39, 0.29) is 11.7 Å². The van der Waals surface area contributed by atoms with E-state index in [2.05, 4.69) is 10.3 Å². The highest BCUT2D eigenvalue weighted by Crippen LogP contribution is 2.17. The Bertz CT molecular complexity index is 594. The van der Waals surface area contributed by atoms with Gasteiger partial charge in [0.25, 0.3) is 5.91 Å². The molecule has 0 bridgehead atoms. The zero-order valence-corrected chi connectivity index (χ0v) is 11.6. The van der Waals surface area contributed by atoms with Crippen LogP contribution in [0.25, 0.3) is 11.3 Å². The summed E-state index contributed by atoms with van der Waals surface area (Å²) < 4.78 is 13.1. The molecule has 104 valence electrons. The Balaban J connectivity index is 2.12. The van der Waals surface area contributed by atoms with E-state index in [0.29, 0.717) is 29.3 Å². The number of benzene rings is 1. The van der Waals surface area contributed by atoms with Gasteiger partial charge < -0.3 is 5.32 Å². The van der Waals surface area contributed by atoms with E-state index in [1.165, 1.54) is 18.3 Å². The minimum absolute atomic E-state index is 0.142. The molecule has 0 fully saturated rings. The van der Waals surface area contributed by atoms with Gasteiger partial charge in [0.1, 0.15) is 5.82 Å². The highest BCUT2D eigenvalue weighted by Gasteiger charge is 2.07. The van der Waals surface area contributed by atoms with E-state index >= 15 is 0 Å². The lowest BCUT2D eigenvalue weighted by atomic mass is 10.1. The second-order valence-corrected chi connectivity index (χ2v) is 5.05. The molecule has 1 heterocycles. The molecule has 1 amide bonds. The van der Waals surface area contributed by atoms with Crippen LogP contribution in [0.2, 0.25) is 0 Å². The number of halogens is 1. The Kier molecular flexibility index (Phi) is 4.45. The van der Waals surface area contributed by atoms with Gasteiger partial charge in [-0.2, -0.15) is 0 Å². The van der Waals surface area contributed by atoms with Gasteiger partial charge in [0.2, 0.25) is 0 Å². The molecule has 0 spiro atoms. The first-order valence-electron chi connectivity index (χ1n) is 6.56. The van der Waals surface area contributed by atoms with Crippen LogP contribution in [0.1, 0.15) is 24.2 Å². The second-order valence-electron chi connectivity index (χ2n) is 5.05. The molecule has 1 aromatic heterocycles. The first-order valence-corrected chi connectivity index (χ1v) is 6.56. The van der Waals surface area contributed by atoms with Gasteiger partial charge in [0.15, 0.2) is 0 Å². The first-order chi connectivity index (χ1) is 9.56. The number of hydrogen-bond acceptors (Lipinski definition) is 2. The number of carbonyl (C=O) groups is 1. The molecule has 1 aromatic carbocycles. The number of amides is 1. The fourth-order valence-electron chi connectivity index (χ4n) is 1.75. The van der Waals surface area contributed by atoms with Gasteiger partial charge >= 0.3 is 0 Å². The number of rotatable bonds is 4. The van der Waals surface area contributed by atoms with Crippen LogP contribution in [0.3, 0.4) is 0 Å². The number of aromatic nitrogens is 1. The highest BCUT2D eigenvalue weighted by molar-refractivity contribution is 5.94. The molecule has 0 radical (unpaired) electrons. The summed E-state index contributed by atoms with van der Waals surface area (Å²) in [7, 11) is 0. The lowest BCUT2D eigenvalue weighted by Crippen LogP contribution is -2.27. The molecular formula is C16H17FN2O. The van der Waals surface area contributed by atoms with Gasteiger partial charge in [-0.1, -0.05) is 26.0 Å². The third-order valence-corrected chi connectivity index (χ3v) is 2.82. The second kappa shape index (κ2) is 6.28. The zero-order chi connectivity index (χ0) is 14.5. The minimum atomic E-state index is -0.303. The van der Waals surface area contributed by atoms with Crippen LogP contribution in [0, 0.1) is 11.7 Å². The van der Waals surface area contributed by atoms with Crippen molar-refractivity contribution < 1.29 is 9.18 Å². The summed E-state index contributed by atoms with van der Waals surface area (Å²) in [5.74, 6) is -0.0430. The molecule has 2 aromatic rings. The molecule has 2 rings (SSSR count). The van der Waals surface area contributed by atoms with Crippen molar-refractivity contribution in [2.24, 2.45) is 5.92 Å². The van der Waals surface area contributed by atoms with Gasteiger partial charge in [0, 0.05) is 18.3 Å². The Morgan fingerprint density at radius 1 is 1.30 bits per heavy atom. The van der Waals surface area contributed by atoms with Crippen LogP contribution < -0.4 is 5.32 Å². The normalized spacial score (nSPS) is 10.6. The molecule has 3 nitrogen and oxygen atoms in total.